The van der Waals surface area contributed by atoms with E-state index in [9.17, 15) is 4.79 Å². The fourth-order valence-corrected chi connectivity index (χ4v) is 4.17. The molecular weight excluding hydrogens is 578 g/mol. The number of nitrogens with zero attached hydrogens (tertiary/aromatic N) is 3. The normalized spacial score (nSPS) is 11.5. The number of fused-ring (bicyclic) bond motifs is 3. The van der Waals surface area contributed by atoms with Crippen LogP contribution in [0.2, 0.25) is 0 Å². The first-order valence-corrected chi connectivity index (χ1v) is 10.9. The van der Waals surface area contributed by atoms with Crippen LogP contribution in [0, 0.1) is 7.14 Å². The number of amides is 1. The van der Waals surface area contributed by atoms with E-state index in [-0.39, 0.29) is 5.91 Å². The smallest absolute Gasteiger partial charge is 0.241 e. The predicted molar refractivity (Wildman–Crippen MR) is 129 cm³/mol. The Hall–Kier alpha value is -2.01. The van der Waals surface area contributed by atoms with E-state index < -0.39 is 0 Å². The second-order valence-corrected chi connectivity index (χ2v) is 8.80. The molecule has 0 aliphatic heterocycles. The molecule has 2 aromatic heterocycles. The van der Waals surface area contributed by atoms with Gasteiger partial charge in [0.2, 0.25) is 5.91 Å². The number of benzene rings is 2. The van der Waals surface area contributed by atoms with E-state index in [1.54, 1.807) is 18.6 Å². The molecular formula is C21H16I2N4O. The van der Waals surface area contributed by atoms with Crippen molar-refractivity contribution in [2.24, 2.45) is 5.10 Å². The van der Waals surface area contributed by atoms with Gasteiger partial charge in [-0.15, -0.1) is 0 Å². The summed E-state index contributed by atoms with van der Waals surface area (Å²) < 4.78 is 4.61. The lowest BCUT2D eigenvalue weighted by molar-refractivity contribution is -0.121. The van der Waals surface area contributed by atoms with Crippen LogP contribution in [0.4, 0.5) is 0 Å². The molecule has 1 N–H and O–H groups in total. The van der Waals surface area contributed by atoms with Gasteiger partial charge in [-0.2, -0.15) is 5.10 Å². The van der Waals surface area contributed by atoms with Crippen LogP contribution >= 0.6 is 45.2 Å². The molecule has 4 aromatic rings. The Labute approximate surface area is 189 Å². The quantitative estimate of drug-likeness (QED) is 0.202. The number of halogens is 2. The van der Waals surface area contributed by atoms with Gasteiger partial charge in [-0.25, -0.2) is 5.43 Å². The van der Waals surface area contributed by atoms with E-state index in [0.29, 0.717) is 13.0 Å². The second kappa shape index (κ2) is 8.56. The molecule has 140 valence electrons. The molecule has 0 fully saturated rings. The molecule has 0 saturated heterocycles. The van der Waals surface area contributed by atoms with Gasteiger partial charge < -0.3 is 4.57 Å². The molecule has 28 heavy (non-hydrogen) atoms. The molecule has 0 aliphatic rings. The minimum absolute atomic E-state index is 0.119. The van der Waals surface area contributed by atoms with E-state index in [0.717, 1.165) is 16.6 Å². The lowest BCUT2D eigenvalue weighted by Gasteiger charge is -2.07. The first kappa shape index (κ1) is 19.3. The summed E-state index contributed by atoms with van der Waals surface area (Å²) in [4.78, 5) is 16.3. The van der Waals surface area contributed by atoms with E-state index in [1.165, 1.54) is 17.9 Å². The van der Waals surface area contributed by atoms with Crippen LogP contribution in [0.3, 0.4) is 0 Å². The summed E-state index contributed by atoms with van der Waals surface area (Å²) in [7, 11) is 0. The van der Waals surface area contributed by atoms with E-state index >= 15 is 0 Å². The number of pyridine rings is 1. The summed E-state index contributed by atoms with van der Waals surface area (Å²) in [5.74, 6) is -0.119. The van der Waals surface area contributed by atoms with Gasteiger partial charge in [0, 0.05) is 59.9 Å². The lowest BCUT2D eigenvalue weighted by Crippen LogP contribution is -2.19. The zero-order valence-electron chi connectivity index (χ0n) is 14.8. The van der Waals surface area contributed by atoms with Crippen molar-refractivity contribution in [1.29, 1.82) is 0 Å². The Morgan fingerprint density at radius 2 is 1.75 bits per heavy atom. The Balaban J connectivity index is 1.54. The minimum atomic E-state index is -0.119. The summed E-state index contributed by atoms with van der Waals surface area (Å²) in [6, 6.07) is 16.6. The zero-order chi connectivity index (χ0) is 19.5. The fourth-order valence-electron chi connectivity index (χ4n) is 3.19. The van der Waals surface area contributed by atoms with Crippen molar-refractivity contribution in [3.05, 3.63) is 73.6 Å². The highest BCUT2D eigenvalue weighted by atomic mass is 127. The van der Waals surface area contributed by atoms with Gasteiger partial charge in [0.15, 0.2) is 0 Å². The molecule has 4 rings (SSSR count). The number of nitrogens with one attached hydrogen (secondary N) is 1. The number of carbonyl (C=O) groups is 1. The van der Waals surface area contributed by atoms with Crippen molar-refractivity contribution < 1.29 is 4.79 Å². The Kier molecular flexibility index (Phi) is 5.90. The van der Waals surface area contributed by atoms with Gasteiger partial charge in [-0.3, -0.25) is 9.78 Å². The summed E-state index contributed by atoms with van der Waals surface area (Å²) in [5, 5.41) is 6.45. The molecule has 0 spiro atoms. The number of aryl methyl sites for hydroxylation is 1. The highest BCUT2D eigenvalue weighted by Crippen LogP contribution is 2.31. The molecule has 2 heterocycles. The first-order chi connectivity index (χ1) is 13.6. The third-order valence-corrected chi connectivity index (χ3v) is 5.78. The maximum Gasteiger partial charge on any atom is 0.241 e. The Bertz CT molecular complexity index is 1130. The SMILES string of the molecule is O=C(CCn1c2ccc(I)cc2c2cc(I)ccc21)N/N=C/c1cccnc1. The van der Waals surface area contributed by atoms with Crippen LogP contribution in [0.25, 0.3) is 21.8 Å². The number of hydrazone groups is 1. The van der Waals surface area contributed by atoms with Gasteiger partial charge in [0.25, 0.3) is 0 Å². The summed E-state index contributed by atoms with van der Waals surface area (Å²) in [6.45, 7) is 0.593. The lowest BCUT2D eigenvalue weighted by atomic mass is 10.2. The van der Waals surface area contributed by atoms with Crippen molar-refractivity contribution in [3.8, 4) is 0 Å². The molecule has 1 amide bonds. The Morgan fingerprint density at radius 3 is 2.36 bits per heavy atom. The average Bonchev–Trinajstić information content (AvgIpc) is 2.99. The van der Waals surface area contributed by atoms with Gasteiger partial charge in [0.05, 0.1) is 6.21 Å². The molecule has 0 unspecified atom stereocenters. The maximum absolute atomic E-state index is 12.3. The van der Waals surface area contributed by atoms with Crippen LogP contribution in [-0.4, -0.2) is 21.7 Å². The van der Waals surface area contributed by atoms with Crippen LogP contribution in [0.1, 0.15) is 12.0 Å². The monoisotopic (exact) mass is 594 g/mol. The molecule has 0 saturated carbocycles. The fraction of sp³-hybridized carbons (Fsp3) is 0.0952. The molecule has 0 aliphatic carbocycles. The molecule has 0 radical (unpaired) electrons. The van der Waals surface area contributed by atoms with Gasteiger partial charge >= 0.3 is 0 Å². The topological polar surface area (TPSA) is 59.3 Å². The van der Waals surface area contributed by atoms with Crippen LogP contribution < -0.4 is 5.43 Å². The minimum Gasteiger partial charge on any atom is -0.340 e. The highest BCUT2D eigenvalue weighted by molar-refractivity contribution is 14.1. The number of carbonyl (C=O) groups excluding carboxylic acids is 1. The number of hydrogen-bond acceptors (Lipinski definition) is 3. The van der Waals surface area contributed by atoms with Gasteiger partial charge in [-0.05, 0) is 87.6 Å². The van der Waals surface area contributed by atoms with Crippen molar-refractivity contribution in [1.82, 2.24) is 15.0 Å². The van der Waals surface area contributed by atoms with E-state index in [4.69, 9.17) is 0 Å². The third-order valence-electron chi connectivity index (χ3n) is 4.44. The molecule has 0 atom stereocenters. The molecule has 0 bridgehead atoms. The number of aromatic nitrogens is 2. The van der Waals surface area contributed by atoms with Crippen LogP contribution in [-0.2, 0) is 11.3 Å². The number of rotatable bonds is 5. The van der Waals surface area contributed by atoms with Crippen molar-refractivity contribution in [2.75, 3.05) is 0 Å². The summed E-state index contributed by atoms with van der Waals surface area (Å²) in [6.07, 6.45) is 5.33. The van der Waals surface area contributed by atoms with Crippen molar-refractivity contribution in [2.45, 2.75) is 13.0 Å². The predicted octanol–water partition coefficient (Wildman–Crippen LogP) is 4.94. The Morgan fingerprint density at radius 1 is 1.07 bits per heavy atom. The largest absolute Gasteiger partial charge is 0.340 e. The first-order valence-electron chi connectivity index (χ1n) is 8.71. The zero-order valence-corrected chi connectivity index (χ0v) is 19.1. The van der Waals surface area contributed by atoms with Gasteiger partial charge in [-0.1, -0.05) is 6.07 Å². The molecule has 2 aromatic carbocycles. The summed E-state index contributed by atoms with van der Waals surface area (Å²) >= 11 is 4.67. The van der Waals surface area contributed by atoms with E-state index in [1.807, 2.05) is 12.1 Å². The average molecular weight is 594 g/mol. The second-order valence-electron chi connectivity index (χ2n) is 6.30. The molecule has 5 nitrogen and oxygen atoms in total. The van der Waals surface area contributed by atoms with Gasteiger partial charge in [0.1, 0.15) is 0 Å². The van der Waals surface area contributed by atoms with Crippen LogP contribution in [0.15, 0.2) is 66.0 Å². The highest BCUT2D eigenvalue weighted by Gasteiger charge is 2.12. The van der Waals surface area contributed by atoms with Crippen molar-refractivity contribution >= 4 is 79.1 Å². The van der Waals surface area contributed by atoms with Crippen LogP contribution in [0.5, 0.6) is 0 Å². The third kappa shape index (κ3) is 4.19. The van der Waals surface area contributed by atoms with Crippen molar-refractivity contribution in [3.63, 3.8) is 0 Å². The standard InChI is InChI=1S/C21H16I2N4O/c22-15-3-5-19-17(10-15)18-11-16(23)4-6-20(18)27(19)9-7-21(28)26-25-13-14-2-1-8-24-12-14/h1-6,8,10-13H,7,9H2,(H,26,28)/b25-13+. The number of hydrogen-bond donors (Lipinski definition) is 1. The maximum atomic E-state index is 12.3. The van der Waals surface area contributed by atoms with E-state index in [2.05, 4.69) is 102 Å². The molecule has 7 heteroatoms. The summed E-state index contributed by atoms with van der Waals surface area (Å²) in [5.41, 5.74) is 5.72.